The maximum Gasteiger partial charge on any atom is 0.138 e. The number of rotatable bonds is 8. The van der Waals surface area contributed by atoms with Crippen molar-refractivity contribution < 1.29 is 4.39 Å². The van der Waals surface area contributed by atoms with Crippen molar-refractivity contribution in [2.75, 3.05) is 0 Å². The molecule has 1 heteroatoms. The zero-order valence-corrected chi connectivity index (χ0v) is 18.9. The van der Waals surface area contributed by atoms with Crippen LogP contribution in [0.1, 0.15) is 75.3 Å². The molecule has 0 bridgehead atoms. The minimum atomic E-state index is -0.105. The molecule has 0 heterocycles. The molecule has 3 aromatic rings. The van der Waals surface area contributed by atoms with Crippen molar-refractivity contribution in [1.29, 1.82) is 0 Å². The van der Waals surface area contributed by atoms with E-state index in [-0.39, 0.29) is 5.82 Å². The zero-order valence-electron chi connectivity index (χ0n) is 18.9. The second kappa shape index (κ2) is 10.3. The first kappa shape index (κ1) is 21.8. The molecule has 0 aromatic heterocycles. The Bertz CT molecular complexity index is 1010. The van der Waals surface area contributed by atoms with E-state index in [1.807, 2.05) is 30.3 Å². The van der Waals surface area contributed by atoms with Gasteiger partial charge in [0.05, 0.1) is 0 Å². The number of benzene rings is 3. The molecule has 1 aliphatic rings. The van der Waals surface area contributed by atoms with E-state index in [4.69, 9.17) is 0 Å². The van der Waals surface area contributed by atoms with Crippen LogP contribution in [0.25, 0.3) is 21.9 Å². The normalized spacial score (nSPS) is 18.9. The summed E-state index contributed by atoms with van der Waals surface area (Å²) in [4.78, 5) is 0. The molecule has 0 saturated heterocycles. The molecule has 0 aliphatic heterocycles. The van der Waals surface area contributed by atoms with E-state index in [0.717, 1.165) is 35.1 Å². The smallest absolute Gasteiger partial charge is 0.138 e. The summed E-state index contributed by atoms with van der Waals surface area (Å²) in [5.74, 6) is 1.44. The number of allylic oxidation sites excluding steroid dienone is 1. The monoisotopic (exact) mass is 414 g/mol. The van der Waals surface area contributed by atoms with Gasteiger partial charge in [0, 0.05) is 10.9 Å². The molecule has 1 aliphatic carbocycles. The lowest BCUT2D eigenvalue weighted by atomic mass is 9.77. The van der Waals surface area contributed by atoms with Gasteiger partial charge in [0.2, 0.25) is 0 Å². The Morgan fingerprint density at radius 2 is 1.74 bits per heavy atom. The van der Waals surface area contributed by atoms with E-state index in [9.17, 15) is 0 Å². The van der Waals surface area contributed by atoms with Crippen LogP contribution in [0.15, 0.2) is 67.3 Å². The van der Waals surface area contributed by atoms with Crippen LogP contribution in [0.4, 0.5) is 4.39 Å². The van der Waals surface area contributed by atoms with E-state index in [1.54, 1.807) is 0 Å². The summed E-state index contributed by atoms with van der Waals surface area (Å²) >= 11 is 0. The number of hydrogen-bond acceptors (Lipinski definition) is 0. The first-order valence-corrected chi connectivity index (χ1v) is 12.1. The van der Waals surface area contributed by atoms with Crippen LogP contribution in [0.3, 0.4) is 0 Å². The van der Waals surface area contributed by atoms with Gasteiger partial charge in [-0.3, -0.25) is 0 Å². The van der Waals surface area contributed by atoms with Crippen molar-refractivity contribution in [2.24, 2.45) is 5.92 Å². The van der Waals surface area contributed by atoms with Gasteiger partial charge in [0.15, 0.2) is 0 Å². The Morgan fingerprint density at radius 3 is 2.45 bits per heavy atom. The van der Waals surface area contributed by atoms with E-state index >= 15 is 4.39 Å². The molecule has 0 atom stereocenters. The Morgan fingerprint density at radius 1 is 0.968 bits per heavy atom. The Labute approximate surface area is 187 Å². The maximum absolute atomic E-state index is 15.4. The highest BCUT2D eigenvalue weighted by atomic mass is 19.1. The second-order valence-electron chi connectivity index (χ2n) is 9.29. The molecule has 0 nitrogen and oxygen atoms in total. The summed E-state index contributed by atoms with van der Waals surface area (Å²) in [7, 11) is 0. The van der Waals surface area contributed by atoms with Gasteiger partial charge in [-0.25, -0.2) is 4.39 Å². The standard InChI is InChI=1S/C30H35F/c1-3-5-7-22-9-13-24(14-10-22)26-17-19-29-27(21-26)18-20-28(30(29)31)25-15-11-23(12-16-25)8-6-4-2/h4,11-12,15-22,24H,2-3,5-10,13-14H2,1H3. The molecule has 0 N–H and O–H groups in total. The molecule has 0 radical (unpaired) electrons. The van der Waals surface area contributed by atoms with Crippen molar-refractivity contribution in [3.63, 3.8) is 0 Å². The van der Waals surface area contributed by atoms with Gasteiger partial charge in [0.1, 0.15) is 5.82 Å². The van der Waals surface area contributed by atoms with Crippen LogP contribution in [0.2, 0.25) is 0 Å². The quantitative estimate of drug-likeness (QED) is 0.322. The van der Waals surface area contributed by atoms with Crippen LogP contribution >= 0.6 is 0 Å². The molecule has 1 saturated carbocycles. The summed E-state index contributed by atoms with van der Waals surface area (Å²) < 4.78 is 15.4. The van der Waals surface area contributed by atoms with Gasteiger partial charge >= 0.3 is 0 Å². The summed E-state index contributed by atoms with van der Waals surface area (Å²) in [5, 5.41) is 1.75. The third-order valence-corrected chi connectivity index (χ3v) is 7.16. The third-order valence-electron chi connectivity index (χ3n) is 7.16. The first-order valence-electron chi connectivity index (χ1n) is 12.1. The second-order valence-corrected chi connectivity index (χ2v) is 9.29. The molecule has 31 heavy (non-hydrogen) atoms. The van der Waals surface area contributed by atoms with Gasteiger partial charge in [-0.1, -0.05) is 86.9 Å². The Hall–Kier alpha value is -2.41. The summed E-state index contributed by atoms with van der Waals surface area (Å²) in [6, 6.07) is 18.7. The van der Waals surface area contributed by atoms with Gasteiger partial charge < -0.3 is 0 Å². The summed E-state index contributed by atoms with van der Waals surface area (Å²) in [5.41, 5.74) is 4.28. The molecule has 0 spiro atoms. The molecule has 0 amide bonds. The SMILES string of the molecule is C=CCCc1ccc(-c2ccc3cc(C4CCC(CCCC)CC4)ccc3c2F)cc1. The van der Waals surface area contributed by atoms with E-state index < -0.39 is 0 Å². The fourth-order valence-corrected chi connectivity index (χ4v) is 5.18. The predicted octanol–water partition coefficient (Wildman–Crippen LogP) is 9.23. The van der Waals surface area contributed by atoms with Crippen molar-refractivity contribution in [2.45, 2.75) is 70.6 Å². The highest BCUT2D eigenvalue weighted by molar-refractivity contribution is 5.89. The molecule has 3 aromatic carbocycles. The van der Waals surface area contributed by atoms with Gasteiger partial charge in [0.25, 0.3) is 0 Å². The molecule has 0 unspecified atom stereocenters. The number of hydrogen-bond donors (Lipinski definition) is 0. The van der Waals surface area contributed by atoms with Crippen molar-refractivity contribution >= 4 is 10.8 Å². The van der Waals surface area contributed by atoms with Crippen LogP contribution in [0.5, 0.6) is 0 Å². The predicted molar refractivity (Wildman–Crippen MR) is 132 cm³/mol. The topological polar surface area (TPSA) is 0 Å². The largest absolute Gasteiger partial charge is 0.206 e. The number of halogens is 1. The van der Waals surface area contributed by atoms with Crippen molar-refractivity contribution in [3.8, 4) is 11.1 Å². The molecule has 162 valence electrons. The van der Waals surface area contributed by atoms with Crippen LogP contribution < -0.4 is 0 Å². The van der Waals surface area contributed by atoms with Crippen molar-refractivity contribution in [3.05, 3.63) is 84.2 Å². The Kier molecular flexibility index (Phi) is 7.22. The Balaban J connectivity index is 1.51. The van der Waals surface area contributed by atoms with Crippen molar-refractivity contribution in [1.82, 2.24) is 0 Å². The molecular formula is C30H35F. The van der Waals surface area contributed by atoms with Gasteiger partial charge in [-0.05, 0) is 72.4 Å². The lowest BCUT2D eigenvalue weighted by Gasteiger charge is -2.29. The van der Waals surface area contributed by atoms with Gasteiger partial charge in [-0.2, -0.15) is 0 Å². The first-order chi connectivity index (χ1) is 15.2. The fourth-order valence-electron chi connectivity index (χ4n) is 5.18. The van der Waals surface area contributed by atoms with E-state index in [2.05, 4.69) is 43.8 Å². The molecule has 1 fully saturated rings. The average molecular weight is 415 g/mol. The van der Waals surface area contributed by atoms with Crippen LogP contribution in [-0.4, -0.2) is 0 Å². The lowest BCUT2D eigenvalue weighted by Crippen LogP contribution is -2.13. The fraction of sp³-hybridized carbons (Fsp3) is 0.400. The molecule has 4 rings (SSSR count). The van der Waals surface area contributed by atoms with Crippen LogP contribution in [-0.2, 0) is 6.42 Å². The third kappa shape index (κ3) is 5.09. The minimum Gasteiger partial charge on any atom is -0.206 e. The average Bonchev–Trinajstić information content (AvgIpc) is 2.82. The van der Waals surface area contributed by atoms with E-state index in [1.165, 1.54) is 56.1 Å². The number of unbranched alkanes of at least 4 members (excludes halogenated alkanes) is 1. The molecular weight excluding hydrogens is 379 g/mol. The lowest BCUT2D eigenvalue weighted by molar-refractivity contribution is 0.304. The number of fused-ring (bicyclic) bond motifs is 1. The number of aryl methyl sites for hydroxylation is 1. The minimum absolute atomic E-state index is 0.105. The van der Waals surface area contributed by atoms with Crippen LogP contribution in [0, 0.1) is 11.7 Å². The zero-order chi connectivity index (χ0) is 21.6. The van der Waals surface area contributed by atoms with E-state index in [0.29, 0.717) is 11.5 Å². The summed E-state index contributed by atoms with van der Waals surface area (Å²) in [6.07, 6.45) is 13.2. The maximum atomic E-state index is 15.4. The highest BCUT2D eigenvalue weighted by Gasteiger charge is 2.22. The van der Waals surface area contributed by atoms with Gasteiger partial charge in [-0.15, -0.1) is 6.58 Å². The summed E-state index contributed by atoms with van der Waals surface area (Å²) in [6.45, 7) is 6.06. The highest BCUT2D eigenvalue weighted by Crippen LogP contribution is 2.39.